The second-order valence-corrected chi connectivity index (χ2v) is 6.58. The first-order valence-electron chi connectivity index (χ1n) is 7.47. The van der Waals surface area contributed by atoms with Crippen molar-refractivity contribution in [3.8, 4) is 0 Å². The molecular weight excluding hydrogens is 329 g/mol. The van der Waals surface area contributed by atoms with Gasteiger partial charge in [0, 0.05) is 16.2 Å². The minimum absolute atomic E-state index is 0.194. The predicted molar refractivity (Wildman–Crippen MR) is 89.2 cm³/mol. The van der Waals surface area contributed by atoms with E-state index in [1.54, 1.807) is 6.07 Å². The van der Waals surface area contributed by atoms with Crippen molar-refractivity contribution >= 4 is 21.6 Å². The molecule has 3 heteroatoms. The summed E-state index contributed by atoms with van der Waals surface area (Å²) in [7, 11) is 0. The van der Waals surface area contributed by atoms with Gasteiger partial charge in [0.2, 0.25) is 0 Å². The lowest BCUT2D eigenvalue weighted by molar-refractivity contribution is 0.627. The first-order valence-corrected chi connectivity index (χ1v) is 8.26. The Morgan fingerprint density at radius 1 is 1.05 bits per heavy atom. The predicted octanol–water partition coefficient (Wildman–Crippen LogP) is 5.64. The van der Waals surface area contributed by atoms with Crippen LogP contribution in [0.2, 0.25) is 0 Å². The third-order valence-corrected chi connectivity index (χ3v) is 4.83. The van der Waals surface area contributed by atoms with Crippen molar-refractivity contribution in [1.82, 2.24) is 0 Å². The number of benzene rings is 2. The molecule has 0 spiro atoms. The molecule has 1 nitrogen and oxygen atoms in total. The van der Waals surface area contributed by atoms with E-state index in [4.69, 9.17) is 0 Å². The fraction of sp³-hybridized carbons (Fsp3) is 0.333. The minimum atomic E-state index is -0.228. The molecule has 0 fully saturated rings. The highest BCUT2D eigenvalue weighted by molar-refractivity contribution is 9.10. The highest BCUT2D eigenvalue weighted by Gasteiger charge is 2.13. The topological polar surface area (TPSA) is 12.0 Å². The quantitative estimate of drug-likeness (QED) is 0.757. The SMILES string of the molecule is CC(Nc1ccc(F)cc1Br)c1ccc2c(c1)CCCC2. The first kappa shape index (κ1) is 14.6. The Kier molecular flexibility index (Phi) is 4.29. The zero-order valence-electron chi connectivity index (χ0n) is 12.1. The molecule has 1 aliphatic carbocycles. The maximum Gasteiger partial charge on any atom is 0.124 e. The summed E-state index contributed by atoms with van der Waals surface area (Å²) in [5.74, 6) is -0.228. The lowest BCUT2D eigenvalue weighted by atomic mass is 9.89. The average molecular weight is 348 g/mol. The molecular formula is C18H19BrFN. The molecule has 2 aromatic carbocycles. The van der Waals surface area contributed by atoms with Crippen LogP contribution in [0.5, 0.6) is 0 Å². The molecule has 0 saturated carbocycles. The van der Waals surface area contributed by atoms with Gasteiger partial charge in [-0.05, 0) is 83.4 Å². The Bertz CT molecular complexity index is 654. The van der Waals surface area contributed by atoms with Crippen LogP contribution in [0.1, 0.15) is 42.5 Å². The Labute approximate surface area is 133 Å². The van der Waals surface area contributed by atoms with Crippen molar-refractivity contribution in [2.75, 3.05) is 5.32 Å². The molecule has 2 aromatic rings. The molecule has 0 saturated heterocycles. The highest BCUT2D eigenvalue weighted by Crippen LogP contribution is 2.29. The Balaban J connectivity index is 1.80. The second kappa shape index (κ2) is 6.18. The Hall–Kier alpha value is -1.35. The molecule has 1 N–H and O–H groups in total. The van der Waals surface area contributed by atoms with Gasteiger partial charge in [-0.3, -0.25) is 0 Å². The maximum absolute atomic E-state index is 13.1. The van der Waals surface area contributed by atoms with E-state index in [1.165, 1.54) is 54.5 Å². The highest BCUT2D eigenvalue weighted by atomic mass is 79.9. The van der Waals surface area contributed by atoms with Gasteiger partial charge in [-0.1, -0.05) is 18.2 Å². The van der Waals surface area contributed by atoms with Crippen molar-refractivity contribution in [3.05, 3.63) is 63.4 Å². The van der Waals surface area contributed by atoms with Crippen LogP contribution >= 0.6 is 15.9 Å². The molecule has 110 valence electrons. The van der Waals surface area contributed by atoms with E-state index in [2.05, 4.69) is 46.4 Å². The zero-order valence-corrected chi connectivity index (χ0v) is 13.7. The third-order valence-electron chi connectivity index (χ3n) is 4.18. The number of anilines is 1. The van der Waals surface area contributed by atoms with Crippen LogP contribution in [-0.4, -0.2) is 0 Å². The van der Waals surface area contributed by atoms with E-state index < -0.39 is 0 Å². The average Bonchev–Trinajstić information content (AvgIpc) is 2.49. The minimum Gasteiger partial charge on any atom is -0.378 e. The van der Waals surface area contributed by atoms with Gasteiger partial charge in [-0.2, -0.15) is 0 Å². The van der Waals surface area contributed by atoms with E-state index in [9.17, 15) is 4.39 Å². The summed E-state index contributed by atoms with van der Waals surface area (Å²) in [4.78, 5) is 0. The Morgan fingerprint density at radius 3 is 2.57 bits per heavy atom. The van der Waals surface area contributed by atoms with Crippen molar-refractivity contribution in [3.63, 3.8) is 0 Å². The summed E-state index contributed by atoms with van der Waals surface area (Å²) in [5, 5.41) is 3.45. The second-order valence-electron chi connectivity index (χ2n) is 5.73. The number of rotatable bonds is 3. The smallest absolute Gasteiger partial charge is 0.124 e. The van der Waals surface area contributed by atoms with Crippen LogP contribution in [0, 0.1) is 5.82 Å². The van der Waals surface area contributed by atoms with Gasteiger partial charge in [-0.15, -0.1) is 0 Å². The van der Waals surface area contributed by atoms with E-state index >= 15 is 0 Å². The van der Waals surface area contributed by atoms with Crippen molar-refractivity contribution in [2.24, 2.45) is 0 Å². The van der Waals surface area contributed by atoms with Crippen LogP contribution in [0.25, 0.3) is 0 Å². The third kappa shape index (κ3) is 3.29. The molecule has 0 amide bonds. The van der Waals surface area contributed by atoms with Gasteiger partial charge in [0.15, 0.2) is 0 Å². The van der Waals surface area contributed by atoms with Gasteiger partial charge in [0.05, 0.1) is 0 Å². The van der Waals surface area contributed by atoms with E-state index in [0.29, 0.717) is 0 Å². The van der Waals surface area contributed by atoms with Crippen LogP contribution in [0.4, 0.5) is 10.1 Å². The summed E-state index contributed by atoms with van der Waals surface area (Å²) >= 11 is 3.41. The summed E-state index contributed by atoms with van der Waals surface area (Å²) in [6.07, 6.45) is 5.00. The number of halogens is 2. The molecule has 0 heterocycles. The first-order chi connectivity index (χ1) is 10.1. The fourth-order valence-electron chi connectivity index (χ4n) is 2.95. The number of nitrogens with one attached hydrogen (secondary N) is 1. The molecule has 3 rings (SSSR count). The van der Waals surface area contributed by atoms with Gasteiger partial charge in [-0.25, -0.2) is 4.39 Å². The molecule has 0 aromatic heterocycles. The zero-order chi connectivity index (χ0) is 14.8. The van der Waals surface area contributed by atoms with Crippen LogP contribution in [0.3, 0.4) is 0 Å². The summed E-state index contributed by atoms with van der Waals surface area (Å²) in [6, 6.07) is 11.7. The maximum atomic E-state index is 13.1. The lowest BCUT2D eigenvalue weighted by Crippen LogP contribution is -2.10. The molecule has 0 aliphatic heterocycles. The Morgan fingerprint density at radius 2 is 1.81 bits per heavy atom. The van der Waals surface area contributed by atoms with Crippen LogP contribution in [0.15, 0.2) is 40.9 Å². The normalized spacial score (nSPS) is 15.4. The van der Waals surface area contributed by atoms with Crippen molar-refractivity contribution in [2.45, 2.75) is 38.6 Å². The number of aryl methyl sites for hydroxylation is 2. The van der Waals surface area contributed by atoms with Gasteiger partial charge >= 0.3 is 0 Å². The summed E-state index contributed by atoms with van der Waals surface area (Å²) in [5.41, 5.74) is 5.19. The molecule has 1 unspecified atom stereocenters. The van der Waals surface area contributed by atoms with Crippen molar-refractivity contribution in [1.29, 1.82) is 0 Å². The molecule has 21 heavy (non-hydrogen) atoms. The van der Waals surface area contributed by atoms with Crippen molar-refractivity contribution < 1.29 is 4.39 Å². The molecule has 0 bridgehead atoms. The lowest BCUT2D eigenvalue weighted by Gasteiger charge is -2.21. The number of hydrogen-bond donors (Lipinski definition) is 1. The van der Waals surface area contributed by atoms with E-state index in [0.717, 1.165) is 10.2 Å². The fourth-order valence-corrected chi connectivity index (χ4v) is 3.41. The van der Waals surface area contributed by atoms with Crippen LogP contribution < -0.4 is 5.32 Å². The van der Waals surface area contributed by atoms with E-state index in [-0.39, 0.29) is 11.9 Å². The largest absolute Gasteiger partial charge is 0.378 e. The summed E-state index contributed by atoms with van der Waals surface area (Å²) < 4.78 is 13.9. The van der Waals surface area contributed by atoms with E-state index in [1.807, 2.05) is 0 Å². The number of fused-ring (bicyclic) bond motifs is 1. The molecule has 1 atom stereocenters. The molecule has 1 aliphatic rings. The van der Waals surface area contributed by atoms with Gasteiger partial charge in [0.1, 0.15) is 5.82 Å². The standard InChI is InChI=1S/C18H19BrFN/c1-12(21-18-9-8-16(20)11-17(18)19)14-7-6-13-4-2-3-5-15(13)10-14/h6-12,21H,2-5H2,1H3. The molecule has 0 radical (unpaired) electrons. The summed E-state index contributed by atoms with van der Waals surface area (Å²) in [6.45, 7) is 2.14. The van der Waals surface area contributed by atoms with Crippen LogP contribution in [-0.2, 0) is 12.8 Å². The number of hydrogen-bond acceptors (Lipinski definition) is 1. The monoisotopic (exact) mass is 347 g/mol. The van der Waals surface area contributed by atoms with Gasteiger partial charge in [0.25, 0.3) is 0 Å². The van der Waals surface area contributed by atoms with Gasteiger partial charge < -0.3 is 5.32 Å².